The van der Waals surface area contributed by atoms with Gasteiger partial charge in [0, 0.05) is 22.4 Å². The summed E-state index contributed by atoms with van der Waals surface area (Å²) in [5, 5.41) is 4.14. The average molecular weight is 741 g/mol. The second-order valence-corrected chi connectivity index (χ2v) is 17.9. The molecule has 5 aromatic carbocycles. The molecule has 5 aromatic rings. The molecule has 5 aliphatic carbocycles. The van der Waals surface area contributed by atoms with Crippen molar-refractivity contribution >= 4 is 11.3 Å². The van der Waals surface area contributed by atoms with Gasteiger partial charge in [-0.05, 0) is 123 Å². The van der Waals surface area contributed by atoms with Crippen molar-refractivity contribution in [2.45, 2.75) is 94.9 Å². The van der Waals surface area contributed by atoms with E-state index in [9.17, 15) is 0 Å². The third-order valence-electron chi connectivity index (χ3n) is 14.4. The van der Waals surface area contributed by atoms with Crippen molar-refractivity contribution in [2.75, 3.05) is 0 Å². The van der Waals surface area contributed by atoms with Gasteiger partial charge in [0.1, 0.15) is 0 Å². The van der Waals surface area contributed by atoms with E-state index < -0.39 is 0 Å². The van der Waals surface area contributed by atoms with Crippen LogP contribution < -0.4 is 5.32 Å². The summed E-state index contributed by atoms with van der Waals surface area (Å²) in [4.78, 5) is 5.64. The minimum atomic E-state index is -0.0673. The maximum atomic E-state index is 5.64. The minimum Gasteiger partial charge on any atom is -0.374 e. The lowest BCUT2D eigenvalue weighted by Crippen LogP contribution is -2.36. The number of nitrogens with zero attached hydrogens (tertiary/aromatic N) is 1. The highest BCUT2D eigenvalue weighted by Crippen LogP contribution is 2.60. The fraction of sp³-hybridized carbons (Fsp3) is 0.291. The number of allylic oxidation sites excluding steroid dienone is 6. The van der Waals surface area contributed by atoms with Crippen LogP contribution in [0, 0.1) is 5.92 Å². The minimum absolute atomic E-state index is 0.0222. The van der Waals surface area contributed by atoms with Gasteiger partial charge in [0.2, 0.25) is 0 Å². The molecule has 0 radical (unpaired) electrons. The first-order valence-corrected chi connectivity index (χ1v) is 21.7. The van der Waals surface area contributed by atoms with Crippen LogP contribution in [0.3, 0.4) is 0 Å². The van der Waals surface area contributed by atoms with E-state index in [1.807, 2.05) is 0 Å². The third-order valence-corrected chi connectivity index (χ3v) is 14.4. The summed E-state index contributed by atoms with van der Waals surface area (Å²) in [5.74, 6) is 0.214. The van der Waals surface area contributed by atoms with Gasteiger partial charge in [-0.2, -0.15) is 0 Å². The van der Waals surface area contributed by atoms with E-state index in [2.05, 4.69) is 159 Å². The standard InChI is InChI=1S/C55H52N2/c1-54(2)46-27-17-25-41(49(46)44-34-43-42-24-13-14-26-45(42)55(32-15-6-16-33-55)48(43)35-47(44)54)36-28-30-40(31-29-36)53-52(39-22-11-5-12-23-39)56-50(37-18-7-3-8-19-37)51(57-53)38-20-9-4-10-21-38/h3-4,7-10,13-14,17-22,24-30,34-35,40,51,57H,5-6,11-12,15-16,23,31-33H2,1-2H3. The van der Waals surface area contributed by atoms with Gasteiger partial charge >= 0.3 is 0 Å². The Labute approximate surface area is 338 Å². The first kappa shape index (κ1) is 34.8. The van der Waals surface area contributed by atoms with Gasteiger partial charge in [0.05, 0.1) is 17.5 Å². The fourth-order valence-electron chi connectivity index (χ4n) is 11.5. The zero-order chi connectivity index (χ0) is 38.1. The zero-order valence-corrected chi connectivity index (χ0v) is 33.5. The van der Waals surface area contributed by atoms with Gasteiger partial charge in [0.15, 0.2) is 0 Å². The lowest BCUT2D eigenvalue weighted by molar-refractivity contribution is 0.352. The number of hydrogen-bond donors (Lipinski definition) is 1. The molecular formula is C55H52N2. The van der Waals surface area contributed by atoms with Crippen molar-refractivity contribution in [3.05, 3.63) is 195 Å². The zero-order valence-electron chi connectivity index (χ0n) is 33.5. The van der Waals surface area contributed by atoms with Gasteiger partial charge < -0.3 is 5.32 Å². The molecule has 1 heterocycles. The number of fused-ring (bicyclic) bond motifs is 8. The topological polar surface area (TPSA) is 24.4 Å². The summed E-state index contributed by atoms with van der Waals surface area (Å²) in [7, 11) is 0. The van der Waals surface area contributed by atoms with Crippen LogP contribution >= 0.6 is 0 Å². The van der Waals surface area contributed by atoms with Crippen LogP contribution in [0.25, 0.3) is 27.8 Å². The molecule has 1 spiro atoms. The van der Waals surface area contributed by atoms with E-state index in [4.69, 9.17) is 4.99 Å². The Kier molecular flexibility index (Phi) is 8.28. The Morgan fingerprint density at radius 1 is 0.632 bits per heavy atom. The summed E-state index contributed by atoms with van der Waals surface area (Å²) < 4.78 is 0. The number of nitrogens with one attached hydrogen (secondary N) is 1. The molecule has 2 nitrogen and oxygen atoms in total. The van der Waals surface area contributed by atoms with Gasteiger partial charge in [-0.25, -0.2) is 4.99 Å². The largest absolute Gasteiger partial charge is 0.374 e. The quantitative estimate of drug-likeness (QED) is 0.191. The molecule has 1 aliphatic heterocycles. The Morgan fingerprint density at radius 2 is 1.39 bits per heavy atom. The predicted molar refractivity (Wildman–Crippen MR) is 237 cm³/mol. The van der Waals surface area contributed by atoms with E-state index in [-0.39, 0.29) is 22.8 Å². The molecule has 0 amide bonds. The summed E-state index contributed by atoms with van der Waals surface area (Å²) in [6.45, 7) is 4.92. The second kappa shape index (κ2) is 13.6. The Morgan fingerprint density at radius 3 is 2.16 bits per heavy atom. The molecule has 2 unspecified atom stereocenters. The molecular weight excluding hydrogens is 689 g/mol. The fourth-order valence-corrected chi connectivity index (χ4v) is 11.5. The molecule has 2 heteroatoms. The predicted octanol–water partition coefficient (Wildman–Crippen LogP) is 13.7. The van der Waals surface area contributed by atoms with Gasteiger partial charge in [-0.15, -0.1) is 0 Å². The highest BCUT2D eigenvalue weighted by molar-refractivity contribution is 6.06. The molecule has 282 valence electrons. The highest BCUT2D eigenvalue weighted by atomic mass is 15.0. The van der Waals surface area contributed by atoms with Crippen LogP contribution in [0.2, 0.25) is 0 Å². The van der Waals surface area contributed by atoms with E-state index in [1.165, 1.54) is 112 Å². The van der Waals surface area contributed by atoms with Crippen LogP contribution in [0.5, 0.6) is 0 Å². The summed E-state index contributed by atoms with van der Waals surface area (Å²) in [6.07, 6.45) is 22.0. The van der Waals surface area contributed by atoms with Crippen LogP contribution in [-0.4, -0.2) is 5.71 Å². The Hall–Kier alpha value is -5.47. The van der Waals surface area contributed by atoms with Crippen molar-refractivity contribution < 1.29 is 0 Å². The second-order valence-electron chi connectivity index (χ2n) is 17.9. The molecule has 1 saturated carbocycles. The van der Waals surface area contributed by atoms with Crippen molar-refractivity contribution in [3.8, 4) is 22.3 Å². The van der Waals surface area contributed by atoms with E-state index in [1.54, 1.807) is 11.1 Å². The number of aliphatic imine (C=N–C) groups is 1. The van der Waals surface area contributed by atoms with Crippen molar-refractivity contribution in [1.29, 1.82) is 0 Å². The molecule has 0 bridgehead atoms. The molecule has 0 saturated heterocycles. The summed E-state index contributed by atoms with van der Waals surface area (Å²) in [6, 6.07) is 43.3. The Bertz CT molecular complexity index is 2570. The van der Waals surface area contributed by atoms with Crippen LogP contribution in [0.1, 0.15) is 123 Å². The monoisotopic (exact) mass is 740 g/mol. The van der Waals surface area contributed by atoms with E-state index in [0.29, 0.717) is 0 Å². The third kappa shape index (κ3) is 5.47. The van der Waals surface area contributed by atoms with Crippen LogP contribution in [-0.2, 0) is 10.8 Å². The lowest BCUT2D eigenvalue weighted by Gasteiger charge is -2.36. The van der Waals surface area contributed by atoms with Gasteiger partial charge in [0.25, 0.3) is 0 Å². The maximum Gasteiger partial charge on any atom is 0.0944 e. The molecule has 2 atom stereocenters. The first-order chi connectivity index (χ1) is 28.0. The van der Waals surface area contributed by atoms with Crippen molar-refractivity contribution in [1.82, 2.24) is 5.32 Å². The van der Waals surface area contributed by atoms with Gasteiger partial charge in [-0.1, -0.05) is 167 Å². The molecule has 1 N–H and O–H groups in total. The molecule has 11 rings (SSSR count). The SMILES string of the molecule is CC1(C)c2cc3c(cc2-c2c(C4=CCC(C5=C(C6=CCCCC6)N=C(c6ccccc6)C(c6ccccc6)N5)C=C4)cccc21)-c1ccccc1C31CCCCC1. The average Bonchev–Trinajstić information content (AvgIpc) is 3.67. The first-order valence-electron chi connectivity index (χ1n) is 21.7. The summed E-state index contributed by atoms with van der Waals surface area (Å²) >= 11 is 0. The van der Waals surface area contributed by atoms with Crippen molar-refractivity contribution in [3.63, 3.8) is 0 Å². The molecule has 0 aromatic heterocycles. The Balaban J connectivity index is 0.997. The number of rotatable bonds is 5. The lowest BCUT2D eigenvalue weighted by atomic mass is 9.67. The van der Waals surface area contributed by atoms with Crippen molar-refractivity contribution in [2.24, 2.45) is 10.9 Å². The van der Waals surface area contributed by atoms with Crippen LogP contribution in [0.15, 0.2) is 162 Å². The number of hydrogen-bond acceptors (Lipinski definition) is 2. The smallest absolute Gasteiger partial charge is 0.0944 e. The van der Waals surface area contributed by atoms with Crippen LogP contribution in [0.4, 0.5) is 0 Å². The normalized spacial score (nSPS) is 22.5. The summed E-state index contributed by atoms with van der Waals surface area (Å²) in [5.41, 5.74) is 22.1. The van der Waals surface area contributed by atoms with E-state index >= 15 is 0 Å². The molecule has 57 heavy (non-hydrogen) atoms. The van der Waals surface area contributed by atoms with E-state index in [0.717, 1.165) is 30.7 Å². The molecule has 1 fully saturated rings. The van der Waals surface area contributed by atoms with Gasteiger partial charge in [-0.3, -0.25) is 0 Å². The number of benzene rings is 5. The molecule has 6 aliphatic rings. The maximum absolute atomic E-state index is 5.64. The highest BCUT2D eigenvalue weighted by Gasteiger charge is 2.47.